The Labute approximate surface area is 143 Å². The number of primary amides is 1. The Bertz CT molecular complexity index is 709. The molecule has 0 aliphatic heterocycles. The number of amides is 1. The predicted molar refractivity (Wildman–Crippen MR) is 98.4 cm³/mol. The average Bonchev–Trinajstić information content (AvgIpc) is 2.60. The molecule has 0 saturated heterocycles. The molecule has 2 aromatic rings. The molecule has 2 rings (SSSR count). The van der Waals surface area contributed by atoms with Gasteiger partial charge in [-0.3, -0.25) is 4.79 Å². The van der Waals surface area contributed by atoms with E-state index in [9.17, 15) is 4.79 Å². The quantitative estimate of drug-likeness (QED) is 0.437. The third-order valence-corrected chi connectivity index (χ3v) is 4.12. The lowest BCUT2D eigenvalue weighted by molar-refractivity contribution is 0.100. The molecule has 0 aliphatic rings. The van der Waals surface area contributed by atoms with E-state index in [1.807, 2.05) is 36.4 Å². The third kappa shape index (κ3) is 4.55. The number of carbonyl (C=O) groups excluding carboxylic acids is 1. The van der Waals surface area contributed by atoms with Crippen molar-refractivity contribution < 1.29 is 9.63 Å². The standard InChI is InChI=1S/C19H25N3O2/c1-3-22(4-2)13-14-24-21-12-11-16-10-9-15-7-5-6-8-17(15)18(16)19(20)23/h5-10,12H,3-4,11,13-14H2,1-2H3,(H2,20,23). The second kappa shape index (κ2) is 9.03. The van der Waals surface area contributed by atoms with Crippen LogP contribution >= 0.6 is 0 Å². The lowest BCUT2D eigenvalue weighted by Gasteiger charge is -2.16. The Morgan fingerprint density at radius 3 is 2.67 bits per heavy atom. The van der Waals surface area contributed by atoms with Crippen molar-refractivity contribution in [3.05, 3.63) is 47.5 Å². The molecule has 0 bridgehead atoms. The van der Waals surface area contributed by atoms with E-state index in [0.717, 1.165) is 36.0 Å². The van der Waals surface area contributed by atoms with Crippen LogP contribution in [0.25, 0.3) is 10.8 Å². The van der Waals surface area contributed by atoms with Crippen LogP contribution in [0.2, 0.25) is 0 Å². The molecule has 2 N–H and O–H groups in total. The fourth-order valence-corrected chi connectivity index (χ4v) is 2.73. The normalized spacial score (nSPS) is 11.5. The van der Waals surface area contributed by atoms with Gasteiger partial charge in [-0.05, 0) is 29.4 Å². The maximum Gasteiger partial charge on any atom is 0.249 e. The third-order valence-electron chi connectivity index (χ3n) is 4.12. The predicted octanol–water partition coefficient (Wildman–Crippen LogP) is 2.83. The Balaban J connectivity index is 2.01. The van der Waals surface area contributed by atoms with Crippen molar-refractivity contribution in [2.75, 3.05) is 26.2 Å². The van der Waals surface area contributed by atoms with Gasteiger partial charge in [-0.15, -0.1) is 0 Å². The first-order chi connectivity index (χ1) is 11.7. The summed E-state index contributed by atoms with van der Waals surface area (Å²) in [5.74, 6) is -0.419. The number of fused-ring (bicyclic) bond motifs is 1. The van der Waals surface area contributed by atoms with Crippen molar-refractivity contribution >= 4 is 22.9 Å². The molecule has 0 unspecified atom stereocenters. The maximum atomic E-state index is 11.9. The number of likely N-dealkylation sites (N-methyl/N-ethyl adjacent to an activating group) is 1. The Morgan fingerprint density at radius 2 is 1.96 bits per heavy atom. The van der Waals surface area contributed by atoms with Crippen molar-refractivity contribution in [2.45, 2.75) is 20.3 Å². The minimum atomic E-state index is -0.419. The van der Waals surface area contributed by atoms with Crippen molar-refractivity contribution in [3.63, 3.8) is 0 Å². The fourth-order valence-electron chi connectivity index (χ4n) is 2.73. The minimum absolute atomic E-state index is 0.419. The Morgan fingerprint density at radius 1 is 1.21 bits per heavy atom. The number of nitrogens with two attached hydrogens (primary N) is 1. The summed E-state index contributed by atoms with van der Waals surface area (Å²) in [6.45, 7) is 7.66. The molecular weight excluding hydrogens is 302 g/mol. The number of carbonyl (C=O) groups is 1. The van der Waals surface area contributed by atoms with Gasteiger partial charge < -0.3 is 15.5 Å². The maximum absolute atomic E-state index is 11.9. The summed E-state index contributed by atoms with van der Waals surface area (Å²) in [6.07, 6.45) is 2.19. The number of benzene rings is 2. The summed E-state index contributed by atoms with van der Waals surface area (Å²) in [6, 6.07) is 11.6. The molecule has 0 spiro atoms. The number of hydrogen-bond acceptors (Lipinski definition) is 4. The van der Waals surface area contributed by atoms with E-state index in [-0.39, 0.29) is 0 Å². The smallest absolute Gasteiger partial charge is 0.249 e. The number of rotatable bonds is 9. The number of hydrogen-bond donors (Lipinski definition) is 1. The zero-order chi connectivity index (χ0) is 17.4. The van der Waals surface area contributed by atoms with Crippen LogP contribution in [0, 0.1) is 0 Å². The second-order valence-corrected chi connectivity index (χ2v) is 5.54. The lowest BCUT2D eigenvalue weighted by atomic mass is 9.97. The molecule has 0 aromatic heterocycles. The SMILES string of the molecule is CCN(CC)CCON=CCc1ccc2ccccc2c1C(N)=O. The molecule has 2 aromatic carbocycles. The van der Waals surface area contributed by atoms with E-state index in [1.54, 1.807) is 6.21 Å². The molecule has 0 aliphatic carbocycles. The van der Waals surface area contributed by atoms with E-state index in [2.05, 4.69) is 23.9 Å². The number of oxime groups is 1. The van der Waals surface area contributed by atoms with Crippen LogP contribution in [0.4, 0.5) is 0 Å². The monoisotopic (exact) mass is 327 g/mol. The summed E-state index contributed by atoms with van der Waals surface area (Å²) >= 11 is 0. The molecule has 0 saturated carbocycles. The molecule has 5 nitrogen and oxygen atoms in total. The fraction of sp³-hybridized carbons (Fsp3) is 0.368. The van der Waals surface area contributed by atoms with Gasteiger partial charge in [0, 0.05) is 19.2 Å². The van der Waals surface area contributed by atoms with Crippen molar-refractivity contribution in [1.82, 2.24) is 4.90 Å². The molecule has 0 heterocycles. The summed E-state index contributed by atoms with van der Waals surface area (Å²) < 4.78 is 0. The Hall–Kier alpha value is -2.40. The lowest BCUT2D eigenvalue weighted by Crippen LogP contribution is -2.26. The first-order valence-corrected chi connectivity index (χ1v) is 8.33. The second-order valence-electron chi connectivity index (χ2n) is 5.54. The van der Waals surface area contributed by atoms with Gasteiger partial charge in [-0.1, -0.05) is 55.4 Å². The summed E-state index contributed by atoms with van der Waals surface area (Å²) in [5.41, 5.74) is 6.99. The van der Waals surface area contributed by atoms with Crippen LogP contribution in [0.3, 0.4) is 0 Å². The summed E-state index contributed by atoms with van der Waals surface area (Å²) in [7, 11) is 0. The van der Waals surface area contributed by atoms with Crippen LogP contribution < -0.4 is 5.73 Å². The Kier molecular flexibility index (Phi) is 6.75. The van der Waals surface area contributed by atoms with Crippen LogP contribution in [-0.4, -0.2) is 43.3 Å². The molecule has 0 atom stereocenters. The van der Waals surface area contributed by atoms with E-state index < -0.39 is 5.91 Å². The van der Waals surface area contributed by atoms with Crippen LogP contribution in [0.1, 0.15) is 29.8 Å². The van der Waals surface area contributed by atoms with Gasteiger partial charge in [-0.25, -0.2) is 0 Å². The topological polar surface area (TPSA) is 67.9 Å². The van der Waals surface area contributed by atoms with Gasteiger partial charge in [0.2, 0.25) is 5.91 Å². The zero-order valence-corrected chi connectivity index (χ0v) is 14.4. The van der Waals surface area contributed by atoms with Crippen molar-refractivity contribution in [3.8, 4) is 0 Å². The number of nitrogens with zero attached hydrogens (tertiary/aromatic N) is 2. The van der Waals surface area contributed by atoms with Crippen LogP contribution in [0.15, 0.2) is 41.6 Å². The van der Waals surface area contributed by atoms with Gasteiger partial charge in [0.15, 0.2) is 0 Å². The van der Waals surface area contributed by atoms with Crippen LogP contribution in [0.5, 0.6) is 0 Å². The zero-order valence-electron chi connectivity index (χ0n) is 14.4. The first-order valence-electron chi connectivity index (χ1n) is 8.33. The summed E-state index contributed by atoms with van der Waals surface area (Å²) in [5, 5.41) is 5.86. The molecule has 0 fully saturated rings. The average molecular weight is 327 g/mol. The molecule has 128 valence electrons. The molecule has 24 heavy (non-hydrogen) atoms. The van der Waals surface area contributed by atoms with E-state index in [1.165, 1.54) is 0 Å². The molecule has 0 radical (unpaired) electrons. The van der Waals surface area contributed by atoms with Gasteiger partial charge in [-0.2, -0.15) is 0 Å². The highest BCUT2D eigenvalue weighted by molar-refractivity contribution is 6.08. The highest BCUT2D eigenvalue weighted by Gasteiger charge is 2.11. The molecular formula is C19H25N3O2. The molecule has 1 amide bonds. The van der Waals surface area contributed by atoms with Gasteiger partial charge >= 0.3 is 0 Å². The van der Waals surface area contributed by atoms with Crippen molar-refractivity contribution in [2.24, 2.45) is 10.9 Å². The van der Waals surface area contributed by atoms with E-state index >= 15 is 0 Å². The van der Waals surface area contributed by atoms with Gasteiger partial charge in [0.05, 0.1) is 5.56 Å². The highest BCUT2D eigenvalue weighted by atomic mass is 16.6. The minimum Gasteiger partial charge on any atom is -0.395 e. The van der Waals surface area contributed by atoms with Crippen LogP contribution in [-0.2, 0) is 11.3 Å². The van der Waals surface area contributed by atoms with Crippen molar-refractivity contribution in [1.29, 1.82) is 0 Å². The van der Waals surface area contributed by atoms with Gasteiger partial charge in [0.25, 0.3) is 0 Å². The first kappa shape index (κ1) is 17.9. The van der Waals surface area contributed by atoms with E-state index in [4.69, 9.17) is 10.6 Å². The van der Waals surface area contributed by atoms with E-state index in [0.29, 0.717) is 18.6 Å². The molecule has 5 heteroatoms. The van der Waals surface area contributed by atoms with Gasteiger partial charge in [0.1, 0.15) is 6.61 Å². The summed E-state index contributed by atoms with van der Waals surface area (Å²) in [4.78, 5) is 19.4. The largest absolute Gasteiger partial charge is 0.395 e. The highest BCUT2D eigenvalue weighted by Crippen LogP contribution is 2.22.